The first-order valence-corrected chi connectivity index (χ1v) is 4.79. The summed E-state index contributed by atoms with van der Waals surface area (Å²) < 4.78 is 4.93. The number of carbonyl (C=O) groups is 1. The second-order valence-electron chi connectivity index (χ2n) is 2.85. The van der Waals surface area contributed by atoms with Crippen LogP contribution in [0.15, 0.2) is 30.3 Å². The first-order chi connectivity index (χ1) is 6.74. The van der Waals surface area contributed by atoms with Crippen LogP contribution in [0.25, 0.3) is 0 Å². The van der Waals surface area contributed by atoms with Gasteiger partial charge < -0.3 is 10.5 Å². The number of carbonyl (C=O) groups excluding carboxylic acids is 1. The smallest absolute Gasteiger partial charge is 0.324 e. The van der Waals surface area contributed by atoms with E-state index in [9.17, 15) is 4.79 Å². The maximum atomic E-state index is 11.1. The van der Waals surface area contributed by atoms with E-state index in [-0.39, 0.29) is 24.9 Å². The zero-order valence-corrected chi connectivity index (χ0v) is 9.63. The first kappa shape index (κ1) is 14.2. The Hall–Kier alpha value is -0.770. The Morgan fingerprint density at radius 3 is 2.53 bits per heavy atom. The van der Waals surface area contributed by atoms with Crippen molar-refractivity contribution in [3.63, 3.8) is 0 Å². The van der Waals surface area contributed by atoms with Gasteiger partial charge in [0.05, 0.1) is 0 Å². The van der Waals surface area contributed by atoms with Crippen LogP contribution in [-0.4, -0.2) is 17.9 Å². The van der Waals surface area contributed by atoms with Crippen molar-refractivity contribution in [2.45, 2.75) is 12.6 Å². The van der Waals surface area contributed by atoms with Crippen LogP contribution in [0.5, 0.6) is 0 Å². The molecule has 0 radical (unpaired) electrons. The van der Waals surface area contributed by atoms with Crippen LogP contribution in [0, 0.1) is 0 Å². The predicted octanol–water partition coefficient (Wildman–Crippen LogP) is 1.72. The Morgan fingerprint density at radius 2 is 2.00 bits per heavy atom. The van der Waals surface area contributed by atoms with Crippen molar-refractivity contribution in [1.82, 2.24) is 0 Å². The Morgan fingerprint density at radius 1 is 1.40 bits per heavy atom. The predicted molar refractivity (Wildman–Crippen MR) is 62.2 cm³/mol. The maximum absolute atomic E-state index is 11.1. The van der Waals surface area contributed by atoms with Crippen molar-refractivity contribution in [3.05, 3.63) is 35.9 Å². The highest BCUT2D eigenvalue weighted by Crippen LogP contribution is 2.01. The highest BCUT2D eigenvalue weighted by atomic mass is 35.5. The second-order valence-corrected chi connectivity index (χ2v) is 3.16. The number of hydrogen-bond donors (Lipinski definition) is 1. The van der Waals surface area contributed by atoms with E-state index in [0.717, 1.165) is 5.56 Å². The van der Waals surface area contributed by atoms with Crippen molar-refractivity contribution < 1.29 is 9.53 Å². The molecule has 1 aromatic carbocycles. The average Bonchev–Trinajstić information content (AvgIpc) is 2.26. The molecular weight excluding hydrogens is 237 g/mol. The van der Waals surface area contributed by atoms with Crippen molar-refractivity contribution in [1.29, 1.82) is 0 Å². The number of hydrogen-bond acceptors (Lipinski definition) is 3. The van der Waals surface area contributed by atoms with Crippen LogP contribution >= 0.6 is 24.0 Å². The lowest BCUT2D eigenvalue weighted by atomic mass is 10.2. The molecule has 1 atom stereocenters. The molecule has 3 nitrogen and oxygen atoms in total. The molecule has 1 unspecified atom stereocenters. The molecule has 2 N–H and O–H groups in total. The van der Waals surface area contributed by atoms with Gasteiger partial charge in [-0.25, -0.2) is 0 Å². The third-order valence-electron chi connectivity index (χ3n) is 1.69. The molecule has 0 spiro atoms. The summed E-state index contributed by atoms with van der Waals surface area (Å²) in [4.78, 5) is 11.1. The molecule has 1 aromatic rings. The van der Waals surface area contributed by atoms with Gasteiger partial charge >= 0.3 is 5.97 Å². The molecule has 84 valence electrons. The summed E-state index contributed by atoms with van der Waals surface area (Å²) in [5.74, 6) is -0.392. The van der Waals surface area contributed by atoms with Crippen molar-refractivity contribution in [3.8, 4) is 0 Å². The lowest BCUT2D eigenvalue weighted by Gasteiger charge is -2.08. The number of nitrogens with two attached hydrogens (primary N) is 1. The minimum atomic E-state index is -0.736. The van der Waals surface area contributed by atoms with E-state index in [2.05, 4.69) is 0 Å². The van der Waals surface area contributed by atoms with Crippen LogP contribution in [0.1, 0.15) is 5.56 Å². The molecule has 0 aliphatic carbocycles. The zero-order chi connectivity index (χ0) is 10.4. The fourth-order valence-corrected chi connectivity index (χ4v) is 1.02. The van der Waals surface area contributed by atoms with E-state index in [1.807, 2.05) is 30.3 Å². The van der Waals surface area contributed by atoms with Gasteiger partial charge in [0.25, 0.3) is 0 Å². The summed E-state index contributed by atoms with van der Waals surface area (Å²) in [6.45, 7) is 0.240. The summed E-state index contributed by atoms with van der Waals surface area (Å²) in [6.07, 6.45) is 0. The van der Waals surface area contributed by atoms with Gasteiger partial charge in [-0.3, -0.25) is 4.79 Å². The van der Waals surface area contributed by atoms with Gasteiger partial charge in [-0.15, -0.1) is 24.0 Å². The average molecular weight is 250 g/mol. The summed E-state index contributed by atoms with van der Waals surface area (Å²) in [7, 11) is 0. The van der Waals surface area contributed by atoms with Crippen LogP contribution in [0.3, 0.4) is 0 Å². The summed E-state index contributed by atoms with van der Waals surface area (Å²) >= 11 is 5.40. The molecule has 1 rings (SSSR count). The Balaban J connectivity index is 0.00000196. The molecule has 0 aromatic heterocycles. The number of alkyl halides is 1. The zero-order valence-electron chi connectivity index (χ0n) is 8.06. The van der Waals surface area contributed by atoms with Crippen molar-refractivity contribution in [2.24, 2.45) is 5.73 Å². The Bertz CT molecular complexity index is 293. The minimum Gasteiger partial charge on any atom is -0.460 e. The molecule has 0 aliphatic heterocycles. The quantitative estimate of drug-likeness (QED) is 0.653. The molecule has 0 bridgehead atoms. The van der Waals surface area contributed by atoms with Gasteiger partial charge in [-0.1, -0.05) is 30.3 Å². The standard InChI is InChI=1S/C10H12ClNO2.ClH/c11-6-9(12)10(13)14-7-8-4-2-1-3-5-8;/h1-5,9H,6-7,12H2;1H. The fraction of sp³-hybridized carbons (Fsp3) is 0.300. The normalized spacial score (nSPS) is 11.3. The van der Waals surface area contributed by atoms with Crippen LogP contribution in [-0.2, 0) is 16.1 Å². The molecule has 0 fully saturated rings. The van der Waals surface area contributed by atoms with Gasteiger partial charge in [-0.05, 0) is 5.56 Å². The SMILES string of the molecule is Cl.NC(CCl)C(=O)OCc1ccccc1. The first-order valence-electron chi connectivity index (χ1n) is 4.26. The maximum Gasteiger partial charge on any atom is 0.324 e. The minimum absolute atomic E-state index is 0. The van der Waals surface area contributed by atoms with Crippen LogP contribution in [0.2, 0.25) is 0 Å². The highest BCUT2D eigenvalue weighted by molar-refractivity contribution is 6.19. The van der Waals surface area contributed by atoms with E-state index < -0.39 is 12.0 Å². The van der Waals surface area contributed by atoms with E-state index in [0.29, 0.717) is 0 Å². The van der Waals surface area contributed by atoms with Gasteiger partial charge in [0, 0.05) is 5.88 Å². The van der Waals surface area contributed by atoms with Gasteiger partial charge in [-0.2, -0.15) is 0 Å². The number of rotatable bonds is 4. The lowest BCUT2D eigenvalue weighted by molar-refractivity contribution is -0.145. The summed E-state index contributed by atoms with van der Waals surface area (Å²) in [6, 6.07) is 8.67. The van der Waals surface area contributed by atoms with Crippen molar-refractivity contribution in [2.75, 3.05) is 5.88 Å². The van der Waals surface area contributed by atoms with Crippen molar-refractivity contribution >= 4 is 30.0 Å². The highest BCUT2D eigenvalue weighted by Gasteiger charge is 2.12. The molecule has 5 heteroatoms. The molecule has 0 amide bonds. The lowest BCUT2D eigenvalue weighted by Crippen LogP contribution is -2.33. The molecule has 0 saturated carbocycles. The monoisotopic (exact) mass is 249 g/mol. The molecule has 15 heavy (non-hydrogen) atoms. The number of ether oxygens (including phenoxy) is 1. The van der Waals surface area contributed by atoms with E-state index in [4.69, 9.17) is 22.1 Å². The summed E-state index contributed by atoms with van der Waals surface area (Å²) in [5.41, 5.74) is 6.31. The number of benzene rings is 1. The molecule has 0 aliphatic rings. The number of halogens is 2. The topological polar surface area (TPSA) is 52.3 Å². The van der Waals surface area contributed by atoms with Gasteiger partial charge in [0.1, 0.15) is 12.6 Å². The largest absolute Gasteiger partial charge is 0.460 e. The second kappa shape index (κ2) is 7.51. The van der Waals surface area contributed by atoms with E-state index in [1.165, 1.54) is 0 Å². The van der Waals surface area contributed by atoms with Gasteiger partial charge in [0.15, 0.2) is 0 Å². The summed E-state index contributed by atoms with van der Waals surface area (Å²) in [5, 5.41) is 0. The Labute approximate surface area is 100.0 Å². The molecular formula is C10H13Cl2NO2. The van der Waals surface area contributed by atoms with E-state index >= 15 is 0 Å². The van der Waals surface area contributed by atoms with E-state index in [1.54, 1.807) is 0 Å². The van der Waals surface area contributed by atoms with Crippen LogP contribution in [0.4, 0.5) is 0 Å². The molecule has 0 saturated heterocycles. The third kappa shape index (κ3) is 5.02. The van der Waals surface area contributed by atoms with Crippen LogP contribution < -0.4 is 5.73 Å². The Kier molecular flexibility index (Phi) is 7.13. The number of esters is 1. The molecule has 0 heterocycles. The fourth-order valence-electron chi connectivity index (χ4n) is 0.899. The third-order valence-corrected chi connectivity index (χ3v) is 2.03. The van der Waals surface area contributed by atoms with Gasteiger partial charge in [0.2, 0.25) is 0 Å².